The molecule has 2 aromatic carbocycles. The molecule has 0 aliphatic rings. The number of nitrogens with zero attached hydrogens (tertiary/aromatic N) is 2. The zero-order valence-corrected chi connectivity index (χ0v) is 22.4. The molecule has 11 heteroatoms. The number of nitrogens with one attached hydrogen (secondary N) is 1. The lowest BCUT2D eigenvalue weighted by atomic mass is 10.1. The average Bonchev–Trinajstić information content (AvgIpc) is 3.28. The van der Waals surface area contributed by atoms with Gasteiger partial charge in [0.25, 0.3) is 16.0 Å². The maximum Gasteiger partial charge on any atom is 0.407 e. The highest BCUT2D eigenvalue weighted by molar-refractivity contribution is 7.86. The predicted octanol–water partition coefficient (Wildman–Crippen LogP) is 4.18. The van der Waals surface area contributed by atoms with E-state index >= 15 is 0 Å². The van der Waals surface area contributed by atoms with Crippen molar-refractivity contribution in [2.45, 2.75) is 69.6 Å². The first-order valence-electron chi connectivity index (χ1n) is 12.0. The number of unbranched alkanes of at least 4 members (excludes halogenated alkanes) is 1. The van der Waals surface area contributed by atoms with Gasteiger partial charge in [0, 0.05) is 19.4 Å². The van der Waals surface area contributed by atoms with Gasteiger partial charge < -0.3 is 14.6 Å². The third kappa shape index (κ3) is 8.66. The van der Waals surface area contributed by atoms with Crippen molar-refractivity contribution in [3.63, 3.8) is 0 Å². The molecular weight excluding hydrogens is 496 g/mol. The van der Waals surface area contributed by atoms with Crippen LogP contribution in [0.1, 0.15) is 62.9 Å². The van der Waals surface area contributed by atoms with E-state index in [-0.39, 0.29) is 17.2 Å². The molecule has 0 aliphatic carbocycles. The van der Waals surface area contributed by atoms with Crippen LogP contribution < -0.4 is 11.1 Å². The van der Waals surface area contributed by atoms with Crippen molar-refractivity contribution in [2.24, 2.45) is 5.73 Å². The Labute approximate surface area is 217 Å². The van der Waals surface area contributed by atoms with Crippen LogP contribution in [-0.2, 0) is 31.2 Å². The first kappa shape index (κ1) is 28.3. The SMILES string of the molecule is Cc1ccc(S(=O)(=O)O[C@@](N)(CCCCNC(=O)OC(C)(C)C)c2nc(Cc3ccccc3)no2)cc1. The summed E-state index contributed by atoms with van der Waals surface area (Å²) in [5.41, 5.74) is 5.84. The zero-order chi connectivity index (χ0) is 27.1. The van der Waals surface area contributed by atoms with Crippen LogP contribution in [0.2, 0.25) is 0 Å². The molecule has 1 heterocycles. The maximum absolute atomic E-state index is 13.1. The van der Waals surface area contributed by atoms with E-state index in [0.29, 0.717) is 31.6 Å². The fraction of sp³-hybridized carbons (Fsp3) is 0.423. The van der Waals surface area contributed by atoms with Crippen LogP contribution in [0, 0.1) is 6.92 Å². The van der Waals surface area contributed by atoms with Crippen molar-refractivity contribution in [1.29, 1.82) is 0 Å². The number of benzene rings is 2. The monoisotopic (exact) mass is 530 g/mol. The van der Waals surface area contributed by atoms with Crippen molar-refractivity contribution in [2.75, 3.05) is 6.54 Å². The summed E-state index contributed by atoms with van der Waals surface area (Å²) < 4.78 is 42.3. The molecule has 0 saturated carbocycles. The molecule has 200 valence electrons. The lowest BCUT2D eigenvalue weighted by Crippen LogP contribution is -2.42. The summed E-state index contributed by atoms with van der Waals surface area (Å²) in [6, 6.07) is 15.8. The van der Waals surface area contributed by atoms with Crippen LogP contribution in [0.4, 0.5) is 4.79 Å². The van der Waals surface area contributed by atoms with E-state index in [1.165, 1.54) is 12.1 Å². The molecule has 0 radical (unpaired) electrons. The van der Waals surface area contributed by atoms with E-state index in [4.69, 9.17) is 19.2 Å². The highest BCUT2D eigenvalue weighted by Crippen LogP contribution is 2.30. The Morgan fingerprint density at radius 1 is 1.05 bits per heavy atom. The number of aromatic nitrogens is 2. The van der Waals surface area contributed by atoms with Crippen LogP contribution in [0.15, 0.2) is 64.0 Å². The minimum atomic E-state index is -4.25. The molecule has 0 saturated heterocycles. The number of nitrogens with two attached hydrogens (primary N) is 1. The Morgan fingerprint density at radius 3 is 2.38 bits per heavy atom. The number of alkyl carbamates (subject to hydrolysis) is 1. The molecule has 0 unspecified atom stereocenters. The fourth-order valence-corrected chi connectivity index (χ4v) is 4.54. The van der Waals surface area contributed by atoms with Crippen LogP contribution in [0.3, 0.4) is 0 Å². The van der Waals surface area contributed by atoms with Crippen LogP contribution in [0.5, 0.6) is 0 Å². The number of hydrogen-bond donors (Lipinski definition) is 2. The molecule has 37 heavy (non-hydrogen) atoms. The van der Waals surface area contributed by atoms with Gasteiger partial charge in [-0.05, 0) is 58.2 Å². The van der Waals surface area contributed by atoms with Crippen molar-refractivity contribution in [3.8, 4) is 0 Å². The van der Waals surface area contributed by atoms with Crippen LogP contribution in [0.25, 0.3) is 0 Å². The number of carbonyl (C=O) groups excluding carboxylic acids is 1. The van der Waals surface area contributed by atoms with Crippen molar-refractivity contribution >= 4 is 16.2 Å². The van der Waals surface area contributed by atoms with Gasteiger partial charge in [-0.25, -0.2) is 8.98 Å². The Kier molecular flexibility index (Phi) is 9.06. The predicted molar refractivity (Wildman–Crippen MR) is 137 cm³/mol. The second kappa shape index (κ2) is 11.8. The molecule has 3 rings (SSSR count). The highest BCUT2D eigenvalue weighted by Gasteiger charge is 2.40. The summed E-state index contributed by atoms with van der Waals surface area (Å²) in [4.78, 5) is 16.2. The summed E-state index contributed by atoms with van der Waals surface area (Å²) in [5, 5.41) is 6.64. The topological polar surface area (TPSA) is 147 Å². The number of ether oxygens (including phenoxy) is 1. The molecule has 1 amide bonds. The van der Waals surface area contributed by atoms with Crippen LogP contribution in [-0.4, -0.2) is 36.8 Å². The number of aryl methyl sites for hydroxylation is 1. The first-order valence-corrected chi connectivity index (χ1v) is 13.4. The Bertz CT molecular complexity index is 1270. The smallest absolute Gasteiger partial charge is 0.407 e. The van der Waals surface area contributed by atoms with E-state index in [2.05, 4.69) is 15.5 Å². The quantitative estimate of drug-likeness (QED) is 0.212. The van der Waals surface area contributed by atoms with Crippen molar-refractivity contribution in [1.82, 2.24) is 15.5 Å². The van der Waals surface area contributed by atoms with E-state index < -0.39 is 27.5 Å². The summed E-state index contributed by atoms with van der Waals surface area (Å²) in [6.45, 7) is 7.48. The van der Waals surface area contributed by atoms with Gasteiger partial charge in [0.05, 0.1) is 4.90 Å². The lowest BCUT2D eigenvalue weighted by molar-refractivity contribution is 0.0330. The summed E-state index contributed by atoms with van der Waals surface area (Å²) in [6.07, 6.45) is 0.766. The van der Waals surface area contributed by atoms with E-state index in [1.807, 2.05) is 37.3 Å². The maximum atomic E-state index is 13.1. The van der Waals surface area contributed by atoms with Gasteiger partial charge in [-0.1, -0.05) is 53.2 Å². The molecule has 3 N–H and O–H groups in total. The number of hydrogen-bond acceptors (Lipinski definition) is 9. The molecule has 0 fully saturated rings. The van der Waals surface area contributed by atoms with E-state index in [0.717, 1.165) is 11.1 Å². The molecule has 0 aliphatic heterocycles. The molecule has 0 bridgehead atoms. The lowest BCUT2D eigenvalue weighted by Gasteiger charge is -2.25. The first-order chi connectivity index (χ1) is 17.4. The molecule has 1 atom stereocenters. The van der Waals surface area contributed by atoms with Gasteiger partial charge in [0.15, 0.2) is 5.82 Å². The third-order valence-corrected chi connectivity index (χ3v) is 6.61. The van der Waals surface area contributed by atoms with Gasteiger partial charge in [0.1, 0.15) is 5.60 Å². The third-order valence-electron chi connectivity index (χ3n) is 5.25. The Hall–Kier alpha value is -3.28. The largest absolute Gasteiger partial charge is 0.444 e. The Morgan fingerprint density at radius 2 is 1.73 bits per heavy atom. The van der Waals surface area contributed by atoms with Gasteiger partial charge in [0.2, 0.25) is 5.72 Å². The van der Waals surface area contributed by atoms with Gasteiger partial charge in [-0.15, -0.1) is 0 Å². The van der Waals surface area contributed by atoms with Gasteiger partial charge >= 0.3 is 6.09 Å². The highest BCUT2D eigenvalue weighted by atomic mass is 32.2. The fourth-order valence-electron chi connectivity index (χ4n) is 3.43. The molecule has 0 spiro atoms. The second-order valence-corrected chi connectivity index (χ2v) is 11.4. The standard InChI is InChI=1S/C26H34N4O6S/c1-19-12-14-21(15-13-19)37(32,33)36-26(27,16-8-9-17-28-24(31)34-25(2,3)4)23-29-22(30-35-23)18-20-10-6-5-7-11-20/h5-7,10-15H,8-9,16-18,27H2,1-4H3,(H,28,31)/t26-/m0/s1. The average molecular weight is 531 g/mol. The Balaban J connectivity index is 1.74. The van der Waals surface area contributed by atoms with Crippen LogP contribution >= 0.6 is 0 Å². The van der Waals surface area contributed by atoms with Gasteiger partial charge in [-0.2, -0.15) is 13.4 Å². The van der Waals surface area contributed by atoms with Crippen molar-refractivity contribution < 1.29 is 26.7 Å². The molecule has 10 nitrogen and oxygen atoms in total. The van der Waals surface area contributed by atoms with E-state index in [9.17, 15) is 13.2 Å². The number of amides is 1. The van der Waals surface area contributed by atoms with Crippen molar-refractivity contribution in [3.05, 3.63) is 77.4 Å². The molecule has 1 aromatic heterocycles. The minimum Gasteiger partial charge on any atom is -0.444 e. The summed E-state index contributed by atoms with van der Waals surface area (Å²) in [7, 11) is -4.25. The summed E-state index contributed by atoms with van der Waals surface area (Å²) >= 11 is 0. The van der Waals surface area contributed by atoms with Gasteiger partial charge in [-0.3, -0.25) is 5.73 Å². The van der Waals surface area contributed by atoms with E-state index in [1.54, 1.807) is 32.9 Å². The molecule has 3 aromatic rings. The number of carbonyl (C=O) groups is 1. The number of rotatable bonds is 11. The normalized spacial score (nSPS) is 13.6. The molecular formula is C26H34N4O6S. The minimum absolute atomic E-state index is 0.0384. The summed E-state index contributed by atoms with van der Waals surface area (Å²) in [5.74, 6) is 0.202. The zero-order valence-electron chi connectivity index (χ0n) is 21.6. The second-order valence-electron chi connectivity index (χ2n) is 9.80.